The van der Waals surface area contributed by atoms with Gasteiger partial charge in [0.2, 0.25) is 10.0 Å². The smallest absolute Gasteiger partial charge is 0.407 e. The molecule has 2 heterocycles. The van der Waals surface area contributed by atoms with Gasteiger partial charge in [-0.15, -0.1) is 0 Å². The molecular weight excluding hydrogens is 548 g/mol. The molecule has 11 heteroatoms. The highest BCUT2D eigenvalue weighted by molar-refractivity contribution is 7.92. The van der Waals surface area contributed by atoms with Gasteiger partial charge in [-0.1, -0.05) is 44.2 Å². The number of fused-ring (bicyclic) bond motifs is 1. The number of alkyl carbamates (subject to hydrolysis) is 1. The Hall–Kier alpha value is -2.86. The fraction of sp³-hybridized carbons (Fsp3) is 0.567. The van der Waals surface area contributed by atoms with Gasteiger partial charge in [-0.3, -0.25) is 4.72 Å². The maximum absolute atomic E-state index is 13.2. The number of carbonyl (C=O) groups is 1. The second-order valence-corrected chi connectivity index (χ2v) is 13.5. The van der Waals surface area contributed by atoms with Gasteiger partial charge in [-0.2, -0.15) is 0 Å². The summed E-state index contributed by atoms with van der Waals surface area (Å²) in [5.74, 6) is 0.951. The molecule has 2 aromatic rings. The number of ether oxygens (including phenoxy) is 4. The van der Waals surface area contributed by atoms with E-state index in [1.807, 2.05) is 44.2 Å². The fourth-order valence-electron chi connectivity index (χ4n) is 6.13. The van der Waals surface area contributed by atoms with Crippen molar-refractivity contribution in [3.8, 4) is 5.75 Å². The Morgan fingerprint density at radius 1 is 1.12 bits per heavy atom. The minimum Gasteiger partial charge on any atom is -0.497 e. The number of anilines is 1. The molecule has 3 N–H and O–H groups in total. The number of carbonyl (C=O) groups excluding carboxylic acids is 1. The highest BCUT2D eigenvalue weighted by atomic mass is 32.2. The predicted molar refractivity (Wildman–Crippen MR) is 153 cm³/mol. The van der Waals surface area contributed by atoms with Gasteiger partial charge in [0.25, 0.3) is 0 Å². The van der Waals surface area contributed by atoms with Crippen molar-refractivity contribution in [3.63, 3.8) is 0 Å². The number of sulfonamides is 1. The molecule has 0 spiro atoms. The monoisotopic (exact) mass is 588 g/mol. The lowest BCUT2D eigenvalue weighted by molar-refractivity contribution is -0.127. The maximum Gasteiger partial charge on any atom is 0.407 e. The van der Waals surface area contributed by atoms with Crippen LogP contribution in [0.2, 0.25) is 0 Å². The van der Waals surface area contributed by atoms with Crippen LogP contribution >= 0.6 is 0 Å². The molecule has 1 saturated carbocycles. The largest absolute Gasteiger partial charge is 0.497 e. The van der Waals surface area contributed by atoms with E-state index in [4.69, 9.17) is 18.9 Å². The number of rotatable bonds is 12. The number of aliphatic hydroxyl groups excluding tert-OH is 1. The molecule has 5 rings (SSSR count). The Morgan fingerprint density at radius 3 is 2.63 bits per heavy atom. The van der Waals surface area contributed by atoms with Gasteiger partial charge in [-0.05, 0) is 60.4 Å². The molecule has 2 saturated heterocycles. The van der Waals surface area contributed by atoms with Crippen LogP contribution in [0.3, 0.4) is 0 Å². The molecule has 2 aliphatic heterocycles. The van der Waals surface area contributed by atoms with Crippen LogP contribution in [0.4, 0.5) is 10.5 Å². The van der Waals surface area contributed by atoms with Crippen LogP contribution < -0.4 is 14.8 Å². The Kier molecular flexibility index (Phi) is 9.08. The summed E-state index contributed by atoms with van der Waals surface area (Å²) in [5.41, 5.74) is 2.02. The van der Waals surface area contributed by atoms with Crippen molar-refractivity contribution in [2.75, 3.05) is 24.2 Å². The second kappa shape index (κ2) is 12.6. The van der Waals surface area contributed by atoms with Crippen LogP contribution in [0.5, 0.6) is 5.75 Å². The number of benzene rings is 2. The first kappa shape index (κ1) is 29.6. The first-order valence-corrected chi connectivity index (χ1v) is 15.9. The van der Waals surface area contributed by atoms with E-state index in [0.29, 0.717) is 36.3 Å². The average Bonchev–Trinajstić information content (AvgIpc) is 3.48. The maximum atomic E-state index is 13.2. The van der Waals surface area contributed by atoms with Crippen LogP contribution in [0.25, 0.3) is 0 Å². The van der Waals surface area contributed by atoms with E-state index in [2.05, 4.69) is 10.0 Å². The molecule has 7 atom stereocenters. The van der Waals surface area contributed by atoms with Gasteiger partial charge in [0, 0.05) is 12.3 Å². The summed E-state index contributed by atoms with van der Waals surface area (Å²) in [6.45, 7) is 4.70. The Balaban J connectivity index is 1.27. The lowest BCUT2D eigenvalue weighted by Gasteiger charge is -2.32. The third-order valence-electron chi connectivity index (χ3n) is 8.12. The topological polar surface area (TPSA) is 132 Å². The first-order chi connectivity index (χ1) is 19.6. The van der Waals surface area contributed by atoms with Gasteiger partial charge in [-0.25, -0.2) is 13.2 Å². The van der Waals surface area contributed by atoms with Crippen molar-refractivity contribution < 1.29 is 37.3 Å². The van der Waals surface area contributed by atoms with Crippen LogP contribution in [-0.2, 0) is 37.1 Å². The molecule has 2 aromatic carbocycles. The second-order valence-electron chi connectivity index (χ2n) is 11.7. The fourth-order valence-corrected chi connectivity index (χ4v) is 7.41. The molecule has 0 radical (unpaired) electrons. The van der Waals surface area contributed by atoms with Crippen LogP contribution in [0.1, 0.15) is 37.8 Å². The molecular formula is C30H40N2O8S. The molecule has 41 heavy (non-hydrogen) atoms. The number of amides is 1. The van der Waals surface area contributed by atoms with Crippen LogP contribution in [0.15, 0.2) is 48.5 Å². The summed E-state index contributed by atoms with van der Waals surface area (Å²) < 4.78 is 51.8. The number of nitrogens with one attached hydrogen (secondary N) is 2. The summed E-state index contributed by atoms with van der Waals surface area (Å²) in [7, 11) is -2.45. The first-order valence-electron chi connectivity index (χ1n) is 14.2. The van der Waals surface area contributed by atoms with Gasteiger partial charge in [0.15, 0.2) is 6.29 Å². The van der Waals surface area contributed by atoms with E-state index in [1.54, 1.807) is 25.3 Å². The molecule has 0 aromatic heterocycles. The zero-order chi connectivity index (χ0) is 29.1. The summed E-state index contributed by atoms with van der Waals surface area (Å²) in [4.78, 5) is 13.1. The number of hydrogen-bond acceptors (Lipinski definition) is 8. The summed E-state index contributed by atoms with van der Waals surface area (Å²) in [6, 6.07) is 14.1. The van der Waals surface area contributed by atoms with Crippen molar-refractivity contribution >= 4 is 21.8 Å². The molecule has 3 aliphatic rings. The van der Waals surface area contributed by atoms with Gasteiger partial charge in [0.1, 0.15) is 18.0 Å². The van der Waals surface area contributed by atoms with Crippen molar-refractivity contribution in [3.05, 3.63) is 59.7 Å². The van der Waals surface area contributed by atoms with Crippen LogP contribution in [-0.4, -0.2) is 69.7 Å². The van der Waals surface area contributed by atoms with Crippen LogP contribution in [0, 0.1) is 17.8 Å². The van der Waals surface area contributed by atoms with E-state index in [-0.39, 0.29) is 30.8 Å². The van der Waals surface area contributed by atoms with E-state index in [1.165, 1.54) is 0 Å². The van der Waals surface area contributed by atoms with Gasteiger partial charge >= 0.3 is 6.09 Å². The minimum absolute atomic E-state index is 0.150. The molecule has 1 amide bonds. The highest BCUT2D eigenvalue weighted by Gasteiger charge is 2.53. The lowest BCUT2D eigenvalue weighted by Crippen LogP contribution is -2.49. The van der Waals surface area contributed by atoms with E-state index in [0.717, 1.165) is 24.0 Å². The van der Waals surface area contributed by atoms with Gasteiger partial charge < -0.3 is 29.4 Å². The lowest BCUT2D eigenvalue weighted by atomic mass is 9.79. The summed E-state index contributed by atoms with van der Waals surface area (Å²) in [5, 5.41) is 14.1. The molecule has 1 aliphatic carbocycles. The summed E-state index contributed by atoms with van der Waals surface area (Å²) in [6.07, 6.45) is -1.30. The van der Waals surface area contributed by atoms with E-state index < -0.39 is 34.1 Å². The predicted octanol–water partition coefficient (Wildman–Crippen LogP) is 3.48. The standard InChI is InChI=1S/C30H40N2O8S/c1-18(2)11-20-13-22(37-3)9-10-24(20)32-41(35,36)17-26(33)28(12-19-7-5-4-6-8-19)40-30(34)31-25-14-21-16-38-29-23(21)15-27(25)39-29/h4-10,13,18,21,23,25-29,32-33H,11-12,14-17H2,1-3H3,(H,31,34)/t21?,23?,25?,26-,27?,28-,29?/m0/s1. The van der Waals surface area contributed by atoms with E-state index in [9.17, 15) is 18.3 Å². The molecule has 3 fully saturated rings. The number of aliphatic hydroxyl groups is 1. The third kappa shape index (κ3) is 7.32. The molecule has 10 nitrogen and oxygen atoms in total. The Morgan fingerprint density at radius 2 is 1.90 bits per heavy atom. The van der Waals surface area contributed by atoms with Crippen molar-refractivity contribution in [2.45, 2.75) is 70.2 Å². The normalized spacial score (nSPS) is 26.4. The van der Waals surface area contributed by atoms with Crippen molar-refractivity contribution in [1.82, 2.24) is 5.32 Å². The quantitative estimate of drug-likeness (QED) is 0.343. The zero-order valence-electron chi connectivity index (χ0n) is 23.7. The highest BCUT2D eigenvalue weighted by Crippen LogP contribution is 2.46. The third-order valence-corrected chi connectivity index (χ3v) is 9.43. The number of hydrogen-bond donors (Lipinski definition) is 3. The Bertz CT molecular complexity index is 1300. The SMILES string of the molecule is COc1ccc(NS(=O)(=O)C[C@H](O)[C@H](Cc2ccccc2)OC(=O)NC2CC3COC4OC2CC34)c(CC(C)C)c1. The Labute approximate surface area is 241 Å². The molecule has 2 bridgehead atoms. The van der Waals surface area contributed by atoms with Gasteiger partial charge in [0.05, 0.1) is 37.3 Å². The zero-order valence-corrected chi connectivity index (χ0v) is 24.5. The summed E-state index contributed by atoms with van der Waals surface area (Å²) >= 11 is 0. The van der Waals surface area contributed by atoms with E-state index >= 15 is 0 Å². The number of methoxy groups -OCH3 is 1. The van der Waals surface area contributed by atoms with Crippen molar-refractivity contribution in [1.29, 1.82) is 0 Å². The molecule has 5 unspecified atom stereocenters. The van der Waals surface area contributed by atoms with Crippen molar-refractivity contribution in [2.24, 2.45) is 17.8 Å². The minimum atomic E-state index is -4.01. The molecule has 224 valence electrons. The average molecular weight is 589 g/mol.